The predicted octanol–water partition coefficient (Wildman–Crippen LogP) is 2.98. The van der Waals surface area contributed by atoms with E-state index in [1.807, 2.05) is 13.8 Å². The Bertz CT molecular complexity index is 798. The van der Waals surface area contributed by atoms with Gasteiger partial charge < -0.3 is 14.5 Å². The Morgan fingerprint density at radius 1 is 1.32 bits per heavy atom. The van der Waals surface area contributed by atoms with Crippen molar-refractivity contribution in [2.75, 3.05) is 26.2 Å². The maximum Gasteiger partial charge on any atom is 0.257 e. The topological polar surface area (TPSA) is 67.6 Å². The summed E-state index contributed by atoms with van der Waals surface area (Å²) in [7, 11) is 0. The summed E-state index contributed by atoms with van der Waals surface area (Å²) in [4.78, 5) is 18.6. The van der Waals surface area contributed by atoms with Gasteiger partial charge in [0, 0.05) is 12.6 Å². The Balaban J connectivity index is 1.35. The van der Waals surface area contributed by atoms with Gasteiger partial charge in [-0.3, -0.25) is 9.69 Å². The molecule has 0 spiro atoms. The molecule has 1 aliphatic rings. The summed E-state index contributed by atoms with van der Waals surface area (Å²) in [6, 6.07) is 2.98. The lowest BCUT2D eigenvalue weighted by Gasteiger charge is -2.31. The van der Waals surface area contributed by atoms with Gasteiger partial charge in [-0.1, -0.05) is 0 Å². The first-order valence-electron chi connectivity index (χ1n) is 9.40. The molecule has 8 heteroatoms. The van der Waals surface area contributed by atoms with Crippen LogP contribution < -0.4 is 10.1 Å². The van der Waals surface area contributed by atoms with E-state index < -0.39 is 11.6 Å². The molecule has 3 rings (SSSR count). The van der Waals surface area contributed by atoms with Gasteiger partial charge in [0.15, 0.2) is 18.2 Å². The molecular weight excluding hydrogens is 368 g/mol. The second-order valence-corrected chi connectivity index (χ2v) is 7.14. The third-order valence-electron chi connectivity index (χ3n) is 4.98. The molecule has 1 N–H and O–H groups in total. The Morgan fingerprint density at radius 3 is 2.71 bits per heavy atom. The van der Waals surface area contributed by atoms with Crippen molar-refractivity contribution in [3.8, 4) is 5.75 Å². The van der Waals surface area contributed by atoms with E-state index in [0.717, 1.165) is 55.4 Å². The molecule has 1 saturated heterocycles. The number of benzene rings is 1. The van der Waals surface area contributed by atoms with Crippen molar-refractivity contribution in [2.45, 2.75) is 33.2 Å². The number of nitrogens with zero attached hydrogens (tertiary/aromatic N) is 2. The molecule has 0 bridgehead atoms. The second-order valence-electron chi connectivity index (χ2n) is 7.14. The van der Waals surface area contributed by atoms with E-state index in [4.69, 9.17) is 9.15 Å². The molecule has 1 aromatic carbocycles. The molecule has 0 aliphatic carbocycles. The van der Waals surface area contributed by atoms with Gasteiger partial charge >= 0.3 is 0 Å². The zero-order chi connectivity index (χ0) is 20.1. The number of rotatable bonds is 7. The van der Waals surface area contributed by atoms with Crippen LogP contribution in [0.3, 0.4) is 0 Å². The van der Waals surface area contributed by atoms with Gasteiger partial charge in [0.1, 0.15) is 11.6 Å². The fourth-order valence-corrected chi connectivity index (χ4v) is 3.19. The number of hydrogen-bond donors (Lipinski definition) is 1. The van der Waals surface area contributed by atoms with Crippen molar-refractivity contribution in [2.24, 2.45) is 5.92 Å². The molecule has 0 atom stereocenters. The summed E-state index contributed by atoms with van der Waals surface area (Å²) in [5, 5.41) is 2.82. The Hall–Kier alpha value is -2.48. The molecule has 1 amide bonds. The SMILES string of the molecule is Cc1nc(CN2CCC(CNC(=O)COc3ccc(F)cc3F)CC2)oc1C. The van der Waals surface area contributed by atoms with E-state index >= 15 is 0 Å². The Labute approximate surface area is 162 Å². The van der Waals surface area contributed by atoms with Gasteiger partial charge in [-0.15, -0.1) is 0 Å². The number of aromatic nitrogens is 1. The highest BCUT2D eigenvalue weighted by atomic mass is 19.1. The lowest BCUT2D eigenvalue weighted by atomic mass is 9.97. The monoisotopic (exact) mass is 393 g/mol. The number of amides is 1. The van der Waals surface area contributed by atoms with Crippen LogP contribution in [0.25, 0.3) is 0 Å². The molecule has 0 saturated carbocycles. The maximum atomic E-state index is 13.5. The van der Waals surface area contributed by atoms with Crippen molar-refractivity contribution in [1.82, 2.24) is 15.2 Å². The maximum absolute atomic E-state index is 13.5. The number of nitrogens with one attached hydrogen (secondary N) is 1. The van der Waals surface area contributed by atoms with Crippen LogP contribution in [0.2, 0.25) is 0 Å². The molecule has 28 heavy (non-hydrogen) atoms. The standard InChI is InChI=1S/C20H25F2N3O3/c1-13-14(2)28-20(24-13)11-25-7-5-15(6-8-25)10-23-19(26)12-27-18-4-3-16(21)9-17(18)22/h3-4,9,15H,5-8,10-12H2,1-2H3,(H,23,26). The summed E-state index contributed by atoms with van der Waals surface area (Å²) in [5.41, 5.74) is 0.926. The lowest BCUT2D eigenvalue weighted by Crippen LogP contribution is -2.39. The molecule has 0 radical (unpaired) electrons. The average molecular weight is 393 g/mol. The van der Waals surface area contributed by atoms with E-state index in [1.165, 1.54) is 6.07 Å². The van der Waals surface area contributed by atoms with Crippen LogP contribution in [0, 0.1) is 31.4 Å². The number of carbonyl (C=O) groups is 1. The van der Waals surface area contributed by atoms with Crippen LogP contribution in [0.4, 0.5) is 8.78 Å². The number of carbonyl (C=O) groups excluding carboxylic acids is 1. The summed E-state index contributed by atoms with van der Waals surface area (Å²) in [6.07, 6.45) is 1.93. The zero-order valence-corrected chi connectivity index (χ0v) is 16.1. The zero-order valence-electron chi connectivity index (χ0n) is 16.1. The van der Waals surface area contributed by atoms with Gasteiger partial charge in [-0.05, 0) is 57.8 Å². The highest BCUT2D eigenvalue weighted by Crippen LogP contribution is 2.20. The number of hydrogen-bond acceptors (Lipinski definition) is 5. The van der Waals surface area contributed by atoms with Crippen LogP contribution in [0.5, 0.6) is 5.75 Å². The summed E-state index contributed by atoms with van der Waals surface area (Å²) in [5.74, 6) is 0.0159. The van der Waals surface area contributed by atoms with Crippen LogP contribution >= 0.6 is 0 Å². The summed E-state index contributed by atoms with van der Waals surface area (Å²) < 4.78 is 37.1. The van der Waals surface area contributed by atoms with Crippen molar-refractivity contribution >= 4 is 5.91 Å². The summed E-state index contributed by atoms with van der Waals surface area (Å²) in [6.45, 7) is 6.63. The quantitative estimate of drug-likeness (QED) is 0.783. The molecule has 6 nitrogen and oxygen atoms in total. The van der Waals surface area contributed by atoms with Crippen LogP contribution in [-0.2, 0) is 11.3 Å². The minimum absolute atomic E-state index is 0.137. The third-order valence-corrected chi connectivity index (χ3v) is 4.98. The molecule has 0 unspecified atom stereocenters. The largest absolute Gasteiger partial charge is 0.481 e. The number of likely N-dealkylation sites (tertiary alicyclic amines) is 1. The fourth-order valence-electron chi connectivity index (χ4n) is 3.19. The van der Waals surface area contributed by atoms with Crippen molar-refractivity contribution in [1.29, 1.82) is 0 Å². The molecule has 2 heterocycles. The van der Waals surface area contributed by atoms with Crippen LogP contribution in [0.15, 0.2) is 22.6 Å². The van der Waals surface area contributed by atoms with Gasteiger partial charge in [-0.25, -0.2) is 13.8 Å². The van der Waals surface area contributed by atoms with E-state index in [9.17, 15) is 13.6 Å². The first kappa shape index (κ1) is 20.3. The Kier molecular flexibility index (Phi) is 6.61. The van der Waals surface area contributed by atoms with Crippen molar-refractivity contribution < 1.29 is 22.7 Å². The number of piperidine rings is 1. The smallest absolute Gasteiger partial charge is 0.257 e. The first-order chi connectivity index (χ1) is 13.4. The van der Waals surface area contributed by atoms with Crippen molar-refractivity contribution in [3.05, 3.63) is 47.2 Å². The van der Waals surface area contributed by atoms with Gasteiger partial charge in [0.05, 0.1) is 12.2 Å². The van der Waals surface area contributed by atoms with E-state index in [2.05, 4.69) is 15.2 Å². The van der Waals surface area contributed by atoms with Gasteiger partial charge in [0.2, 0.25) is 5.89 Å². The first-order valence-corrected chi connectivity index (χ1v) is 9.40. The third kappa shape index (κ3) is 5.51. The molecule has 2 aromatic rings. The van der Waals surface area contributed by atoms with E-state index in [0.29, 0.717) is 19.0 Å². The minimum atomic E-state index is -0.823. The van der Waals surface area contributed by atoms with Gasteiger partial charge in [0.25, 0.3) is 5.91 Å². The number of halogens is 2. The highest BCUT2D eigenvalue weighted by molar-refractivity contribution is 5.77. The Morgan fingerprint density at radius 2 is 2.07 bits per heavy atom. The molecule has 1 fully saturated rings. The van der Waals surface area contributed by atoms with Crippen molar-refractivity contribution in [3.63, 3.8) is 0 Å². The minimum Gasteiger partial charge on any atom is -0.481 e. The van der Waals surface area contributed by atoms with Crippen LogP contribution in [0.1, 0.15) is 30.2 Å². The lowest BCUT2D eigenvalue weighted by molar-refractivity contribution is -0.123. The number of ether oxygens (including phenoxy) is 1. The molecule has 1 aliphatic heterocycles. The van der Waals surface area contributed by atoms with Crippen LogP contribution in [-0.4, -0.2) is 42.0 Å². The normalized spacial score (nSPS) is 15.6. The summed E-state index contributed by atoms with van der Waals surface area (Å²) >= 11 is 0. The molecule has 152 valence electrons. The van der Waals surface area contributed by atoms with E-state index in [1.54, 1.807) is 0 Å². The number of aryl methyl sites for hydroxylation is 2. The fraction of sp³-hybridized carbons (Fsp3) is 0.500. The second kappa shape index (κ2) is 9.14. The number of oxazole rings is 1. The molecular formula is C20H25F2N3O3. The van der Waals surface area contributed by atoms with E-state index in [-0.39, 0.29) is 18.3 Å². The highest BCUT2D eigenvalue weighted by Gasteiger charge is 2.21. The predicted molar refractivity (Wildman–Crippen MR) is 98.8 cm³/mol. The molecule has 1 aromatic heterocycles. The van der Waals surface area contributed by atoms with Gasteiger partial charge in [-0.2, -0.15) is 0 Å². The average Bonchev–Trinajstić information content (AvgIpc) is 2.97.